The second kappa shape index (κ2) is 6.41. The minimum absolute atomic E-state index is 0.225. The average Bonchev–Trinajstić information content (AvgIpc) is 2.77. The Labute approximate surface area is 115 Å². The summed E-state index contributed by atoms with van der Waals surface area (Å²) in [4.78, 5) is 0. The van der Waals surface area contributed by atoms with Crippen LogP contribution in [-0.2, 0) is 15.9 Å². The molecule has 0 radical (unpaired) electrons. The van der Waals surface area contributed by atoms with Crippen molar-refractivity contribution in [1.82, 2.24) is 0 Å². The van der Waals surface area contributed by atoms with Crippen molar-refractivity contribution in [3.63, 3.8) is 0 Å². The zero-order valence-corrected chi connectivity index (χ0v) is 12.2. The summed E-state index contributed by atoms with van der Waals surface area (Å²) in [6.45, 7) is 5.46. The van der Waals surface area contributed by atoms with Crippen LogP contribution < -0.4 is 9.47 Å². The minimum atomic E-state index is -0.225. The maximum absolute atomic E-state index is 5.55. The van der Waals surface area contributed by atoms with E-state index in [1.807, 2.05) is 26.0 Å². The van der Waals surface area contributed by atoms with Crippen LogP contribution in [0.5, 0.6) is 11.5 Å². The van der Waals surface area contributed by atoms with Crippen molar-refractivity contribution in [3.8, 4) is 11.5 Å². The Hall–Kier alpha value is -0.780. The van der Waals surface area contributed by atoms with E-state index in [-0.39, 0.29) is 13.1 Å². The summed E-state index contributed by atoms with van der Waals surface area (Å²) in [5, 5.41) is 0. The molecule has 0 unspecified atom stereocenters. The quantitative estimate of drug-likeness (QED) is 0.756. The maximum Gasteiger partial charge on any atom is 0.231 e. The lowest BCUT2D eigenvalue weighted by Crippen LogP contribution is -2.20. The second-order valence-corrected chi connectivity index (χ2v) is 4.70. The Bertz CT molecular complexity index is 402. The third-order valence-electron chi connectivity index (χ3n) is 2.63. The van der Waals surface area contributed by atoms with E-state index in [0.29, 0.717) is 19.6 Å². The highest BCUT2D eigenvalue weighted by Crippen LogP contribution is 2.37. The van der Waals surface area contributed by atoms with E-state index in [2.05, 4.69) is 15.9 Å². The summed E-state index contributed by atoms with van der Waals surface area (Å²) < 4.78 is 22.8. The SMILES string of the molecule is CCOC(Cc1cc2c(cc1Br)OCO2)OCC. The Balaban J connectivity index is 2.12. The van der Waals surface area contributed by atoms with E-state index in [9.17, 15) is 0 Å². The van der Waals surface area contributed by atoms with Gasteiger partial charge in [-0.15, -0.1) is 0 Å². The standard InChI is InChI=1S/C13H17BrO4/c1-3-15-13(16-4-2)6-9-5-11-12(7-10(9)14)18-8-17-11/h5,7,13H,3-4,6,8H2,1-2H3. The van der Waals surface area contributed by atoms with E-state index in [4.69, 9.17) is 18.9 Å². The monoisotopic (exact) mass is 316 g/mol. The number of hydrogen-bond acceptors (Lipinski definition) is 4. The van der Waals surface area contributed by atoms with Crippen molar-refractivity contribution in [2.75, 3.05) is 20.0 Å². The van der Waals surface area contributed by atoms with Gasteiger partial charge in [0.15, 0.2) is 17.8 Å². The molecular weight excluding hydrogens is 300 g/mol. The molecule has 0 saturated heterocycles. The fraction of sp³-hybridized carbons (Fsp3) is 0.538. The molecule has 1 aliphatic heterocycles. The Morgan fingerprint density at radius 1 is 1.17 bits per heavy atom. The lowest BCUT2D eigenvalue weighted by molar-refractivity contribution is -0.134. The van der Waals surface area contributed by atoms with Crippen molar-refractivity contribution >= 4 is 15.9 Å². The number of benzene rings is 1. The number of fused-ring (bicyclic) bond motifs is 1. The van der Waals surface area contributed by atoms with Crippen LogP contribution in [0.2, 0.25) is 0 Å². The minimum Gasteiger partial charge on any atom is -0.454 e. The number of rotatable bonds is 6. The maximum atomic E-state index is 5.55. The topological polar surface area (TPSA) is 36.9 Å². The van der Waals surface area contributed by atoms with Gasteiger partial charge < -0.3 is 18.9 Å². The molecule has 0 fully saturated rings. The number of ether oxygens (including phenoxy) is 4. The largest absolute Gasteiger partial charge is 0.454 e. The predicted molar refractivity (Wildman–Crippen MR) is 71.0 cm³/mol. The number of hydrogen-bond donors (Lipinski definition) is 0. The Morgan fingerprint density at radius 2 is 1.78 bits per heavy atom. The smallest absolute Gasteiger partial charge is 0.231 e. The molecule has 2 rings (SSSR count). The normalized spacial score (nSPS) is 13.3. The molecule has 1 aromatic carbocycles. The highest BCUT2D eigenvalue weighted by Gasteiger charge is 2.18. The fourth-order valence-electron chi connectivity index (χ4n) is 1.83. The molecule has 0 spiro atoms. The molecule has 0 bridgehead atoms. The van der Waals surface area contributed by atoms with E-state index in [1.165, 1.54) is 0 Å². The molecular formula is C13H17BrO4. The predicted octanol–water partition coefficient (Wildman–Crippen LogP) is 3.12. The highest BCUT2D eigenvalue weighted by atomic mass is 79.9. The molecule has 0 atom stereocenters. The van der Waals surface area contributed by atoms with Gasteiger partial charge in [0.25, 0.3) is 0 Å². The first-order valence-corrected chi connectivity index (χ1v) is 6.85. The Kier molecular flexibility index (Phi) is 4.86. The molecule has 0 aliphatic carbocycles. The van der Waals surface area contributed by atoms with Gasteiger partial charge >= 0.3 is 0 Å². The third kappa shape index (κ3) is 3.16. The first kappa shape index (κ1) is 13.6. The zero-order valence-electron chi connectivity index (χ0n) is 10.6. The molecule has 18 heavy (non-hydrogen) atoms. The molecule has 5 heteroatoms. The van der Waals surface area contributed by atoms with Crippen LogP contribution in [0.1, 0.15) is 19.4 Å². The van der Waals surface area contributed by atoms with Gasteiger partial charge in [-0.05, 0) is 31.5 Å². The summed E-state index contributed by atoms with van der Waals surface area (Å²) in [5.41, 5.74) is 1.09. The van der Waals surface area contributed by atoms with E-state index in [0.717, 1.165) is 21.5 Å². The third-order valence-corrected chi connectivity index (χ3v) is 3.37. The van der Waals surface area contributed by atoms with Crippen molar-refractivity contribution in [2.24, 2.45) is 0 Å². The van der Waals surface area contributed by atoms with Crippen LogP contribution in [0.15, 0.2) is 16.6 Å². The van der Waals surface area contributed by atoms with Gasteiger partial charge in [-0.25, -0.2) is 0 Å². The Morgan fingerprint density at radius 3 is 2.39 bits per heavy atom. The van der Waals surface area contributed by atoms with Gasteiger partial charge in [0, 0.05) is 24.1 Å². The summed E-state index contributed by atoms with van der Waals surface area (Å²) in [6, 6.07) is 3.89. The van der Waals surface area contributed by atoms with Crippen LogP contribution in [0.4, 0.5) is 0 Å². The summed E-state index contributed by atoms with van der Waals surface area (Å²) in [7, 11) is 0. The molecule has 0 amide bonds. The molecule has 0 N–H and O–H groups in total. The molecule has 0 saturated carbocycles. The zero-order chi connectivity index (χ0) is 13.0. The number of halogens is 1. The molecule has 1 heterocycles. The van der Waals surface area contributed by atoms with Crippen molar-refractivity contribution in [3.05, 3.63) is 22.2 Å². The summed E-state index contributed by atoms with van der Waals surface area (Å²) >= 11 is 3.53. The van der Waals surface area contributed by atoms with Gasteiger partial charge in [0.05, 0.1) is 0 Å². The van der Waals surface area contributed by atoms with Crippen LogP contribution >= 0.6 is 15.9 Å². The lowest BCUT2D eigenvalue weighted by atomic mass is 10.1. The molecule has 0 aromatic heterocycles. The van der Waals surface area contributed by atoms with Crippen LogP contribution in [0.3, 0.4) is 0 Å². The molecule has 4 nitrogen and oxygen atoms in total. The highest BCUT2D eigenvalue weighted by molar-refractivity contribution is 9.10. The van der Waals surface area contributed by atoms with E-state index >= 15 is 0 Å². The molecule has 100 valence electrons. The van der Waals surface area contributed by atoms with Gasteiger partial charge in [-0.3, -0.25) is 0 Å². The van der Waals surface area contributed by atoms with Crippen LogP contribution in [0, 0.1) is 0 Å². The van der Waals surface area contributed by atoms with Crippen LogP contribution in [0.25, 0.3) is 0 Å². The van der Waals surface area contributed by atoms with E-state index in [1.54, 1.807) is 0 Å². The molecule has 1 aromatic rings. The second-order valence-electron chi connectivity index (χ2n) is 3.84. The lowest BCUT2D eigenvalue weighted by Gasteiger charge is -2.17. The van der Waals surface area contributed by atoms with Gasteiger partial charge in [0.2, 0.25) is 6.79 Å². The van der Waals surface area contributed by atoms with Gasteiger partial charge in [0.1, 0.15) is 0 Å². The first-order valence-electron chi connectivity index (χ1n) is 6.05. The van der Waals surface area contributed by atoms with Gasteiger partial charge in [-0.1, -0.05) is 15.9 Å². The summed E-state index contributed by atoms with van der Waals surface area (Å²) in [6.07, 6.45) is 0.454. The van der Waals surface area contributed by atoms with E-state index < -0.39 is 0 Å². The van der Waals surface area contributed by atoms with Crippen molar-refractivity contribution in [1.29, 1.82) is 0 Å². The molecule has 1 aliphatic rings. The average molecular weight is 317 g/mol. The summed E-state index contributed by atoms with van der Waals surface area (Å²) in [5.74, 6) is 1.55. The van der Waals surface area contributed by atoms with Gasteiger partial charge in [-0.2, -0.15) is 0 Å². The van der Waals surface area contributed by atoms with Crippen molar-refractivity contribution < 1.29 is 18.9 Å². The fourth-order valence-corrected chi connectivity index (χ4v) is 2.32. The van der Waals surface area contributed by atoms with Crippen molar-refractivity contribution in [2.45, 2.75) is 26.6 Å². The first-order chi connectivity index (χ1) is 8.74. The van der Waals surface area contributed by atoms with Crippen LogP contribution in [-0.4, -0.2) is 26.3 Å².